The Kier molecular flexibility index (Phi) is 8.25. The molecule has 10 rings (SSSR count). The zero-order valence-corrected chi connectivity index (χ0v) is 34.3. The summed E-state index contributed by atoms with van der Waals surface area (Å²) in [5.74, 6) is 0. The zero-order chi connectivity index (χ0) is 39.8. The molecule has 0 aromatic heterocycles. The zero-order valence-electron chi connectivity index (χ0n) is 34.3. The summed E-state index contributed by atoms with van der Waals surface area (Å²) in [6, 6.07) is 70.4. The van der Waals surface area contributed by atoms with Gasteiger partial charge in [0.15, 0.2) is 0 Å². The lowest BCUT2D eigenvalue weighted by atomic mass is 9.69. The van der Waals surface area contributed by atoms with Gasteiger partial charge in [-0.25, -0.2) is 0 Å². The van der Waals surface area contributed by atoms with Gasteiger partial charge in [0.05, 0.1) is 16.8 Å². The highest BCUT2D eigenvalue weighted by Gasteiger charge is 2.53. The van der Waals surface area contributed by atoms with Crippen molar-refractivity contribution in [3.63, 3.8) is 0 Å². The predicted molar refractivity (Wildman–Crippen MR) is 246 cm³/mol. The van der Waals surface area contributed by atoms with E-state index in [2.05, 4.69) is 234 Å². The van der Waals surface area contributed by atoms with Gasteiger partial charge >= 0.3 is 0 Å². The van der Waals surface area contributed by atoms with Crippen molar-refractivity contribution in [2.75, 3.05) is 4.90 Å². The summed E-state index contributed by atoms with van der Waals surface area (Å²) in [7, 11) is 0. The number of fused-ring (bicyclic) bond motifs is 10. The molecular weight excluding hydrogens is 699 g/mol. The Balaban J connectivity index is 1.29. The minimum absolute atomic E-state index is 0.00573. The fourth-order valence-corrected chi connectivity index (χ4v) is 9.70. The van der Waals surface area contributed by atoms with Crippen molar-refractivity contribution in [1.29, 1.82) is 0 Å². The Hall–Kier alpha value is -6.44. The van der Waals surface area contributed by atoms with E-state index in [0.717, 1.165) is 11.4 Å². The molecule has 0 atom stereocenters. The van der Waals surface area contributed by atoms with E-state index in [4.69, 9.17) is 0 Å². The molecule has 1 spiro atoms. The maximum Gasteiger partial charge on any atom is 0.0726 e. The molecule has 0 N–H and O–H groups in total. The molecule has 2 aliphatic rings. The van der Waals surface area contributed by atoms with Gasteiger partial charge in [-0.2, -0.15) is 0 Å². The summed E-state index contributed by atoms with van der Waals surface area (Å²) in [6.45, 7) is 14.0. The molecule has 0 bridgehead atoms. The van der Waals surface area contributed by atoms with Gasteiger partial charge in [0.2, 0.25) is 0 Å². The Morgan fingerprint density at radius 3 is 1.43 bits per heavy atom. The number of para-hydroxylation sites is 1. The monoisotopic (exact) mass is 747 g/mol. The van der Waals surface area contributed by atoms with Crippen LogP contribution in [0, 0.1) is 0 Å². The van der Waals surface area contributed by atoms with Crippen LogP contribution in [-0.2, 0) is 16.2 Å². The highest BCUT2D eigenvalue weighted by molar-refractivity contribution is 6.02. The number of hydrogen-bond acceptors (Lipinski definition) is 1. The van der Waals surface area contributed by atoms with Crippen molar-refractivity contribution >= 4 is 17.1 Å². The van der Waals surface area contributed by atoms with Gasteiger partial charge < -0.3 is 4.90 Å². The van der Waals surface area contributed by atoms with Crippen molar-refractivity contribution in [1.82, 2.24) is 0 Å². The van der Waals surface area contributed by atoms with Crippen LogP contribution in [0.4, 0.5) is 17.1 Å². The van der Waals surface area contributed by atoms with Gasteiger partial charge in [-0.15, -0.1) is 0 Å². The predicted octanol–water partition coefficient (Wildman–Crippen LogP) is 15.4. The van der Waals surface area contributed by atoms with Crippen LogP contribution in [0.1, 0.15) is 74.9 Å². The van der Waals surface area contributed by atoms with E-state index >= 15 is 0 Å². The number of nitrogens with zero attached hydrogens (tertiary/aromatic N) is 1. The lowest BCUT2D eigenvalue weighted by molar-refractivity contribution is 0.586. The first-order chi connectivity index (χ1) is 28.0. The molecule has 58 heavy (non-hydrogen) atoms. The first-order valence-electron chi connectivity index (χ1n) is 20.7. The van der Waals surface area contributed by atoms with E-state index in [9.17, 15) is 0 Å². The van der Waals surface area contributed by atoms with Crippen LogP contribution in [0.2, 0.25) is 0 Å². The van der Waals surface area contributed by atoms with E-state index in [-0.39, 0.29) is 10.8 Å². The fraction of sp³-hybridized carbons (Fsp3) is 0.158. The molecule has 0 heterocycles. The average Bonchev–Trinajstić information content (AvgIpc) is 3.71. The summed E-state index contributed by atoms with van der Waals surface area (Å²) in [5, 5.41) is 0. The summed E-state index contributed by atoms with van der Waals surface area (Å²) in [6.07, 6.45) is 0. The third kappa shape index (κ3) is 5.52. The van der Waals surface area contributed by atoms with Gasteiger partial charge in [0.1, 0.15) is 0 Å². The summed E-state index contributed by atoms with van der Waals surface area (Å²) < 4.78 is 0. The minimum Gasteiger partial charge on any atom is -0.309 e. The number of anilines is 3. The van der Waals surface area contributed by atoms with Crippen LogP contribution in [0.15, 0.2) is 188 Å². The first kappa shape index (κ1) is 35.9. The van der Waals surface area contributed by atoms with Gasteiger partial charge in [-0.1, -0.05) is 205 Å². The lowest BCUT2D eigenvalue weighted by Crippen LogP contribution is -2.27. The van der Waals surface area contributed by atoms with Crippen LogP contribution in [-0.4, -0.2) is 0 Å². The summed E-state index contributed by atoms with van der Waals surface area (Å²) >= 11 is 0. The second-order valence-corrected chi connectivity index (χ2v) is 18.1. The average molecular weight is 748 g/mol. The van der Waals surface area contributed by atoms with E-state index < -0.39 is 5.41 Å². The molecule has 0 radical (unpaired) electrons. The molecule has 0 amide bonds. The molecule has 8 aromatic carbocycles. The highest BCUT2D eigenvalue weighted by Crippen LogP contribution is 2.65. The van der Waals surface area contributed by atoms with Gasteiger partial charge in [0, 0.05) is 16.8 Å². The fourth-order valence-electron chi connectivity index (χ4n) is 9.70. The number of hydrogen-bond donors (Lipinski definition) is 0. The molecule has 0 saturated heterocycles. The maximum absolute atomic E-state index is 2.54. The van der Waals surface area contributed by atoms with Crippen molar-refractivity contribution < 1.29 is 0 Å². The van der Waals surface area contributed by atoms with Crippen molar-refractivity contribution in [2.45, 2.75) is 57.8 Å². The second kappa shape index (κ2) is 13.3. The standard InChI is InChI=1S/C57H49N/c1-55(2,3)41-30-34-45-46-35-31-42(56(4,5)6)37-51(46)57(50(45)36-41)48-24-15-13-23-47(48)54-49(57)25-17-27-53(54)58(43-32-28-39(29-33-43)38-18-9-7-10-19-38)52-26-16-14-22-44(52)40-20-11-8-12-21-40/h7-37H,1-6H3. The van der Waals surface area contributed by atoms with E-state index in [1.54, 1.807) is 0 Å². The Labute approximate surface area is 344 Å². The normalized spacial score (nSPS) is 13.5. The van der Waals surface area contributed by atoms with E-state index in [0.29, 0.717) is 0 Å². The third-order valence-corrected chi connectivity index (χ3v) is 12.6. The van der Waals surface area contributed by atoms with Crippen molar-refractivity contribution in [3.8, 4) is 44.5 Å². The SMILES string of the molecule is CC(C)(C)c1ccc2c(c1)C1(c3cc(C(C)(C)C)ccc3-2)c2ccccc2-c2c(N(c3ccc(-c4ccccc4)cc3)c3ccccc3-c3ccccc3)cccc21. The van der Waals surface area contributed by atoms with E-state index in [1.807, 2.05) is 0 Å². The molecule has 8 aromatic rings. The highest BCUT2D eigenvalue weighted by atomic mass is 15.1. The van der Waals surface area contributed by atoms with Crippen LogP contribution in [0.25, 0.3) is 44.5 Å². The van der Waals surface area contributed by atoms with E-state index in [1.165, 1.54) is 83.6 Å². The van der Waals surface area contributed by atoms with Crippen LogP contribution in [0.5, 0.6) is 0 Å². The summed E-state index contributed by atoms with van der Waals surface area (Å²) in [4.78, 5) is 2.51. The largest absolute Gasteiger partial charge is 0.309 e. The van der Waals surface area contributed by atoms with Gasteiger partial charge in [-0.05, 0) is 102 Å². The minimum atomic E-state index is -0.489. The number of rotatable bonds is 5. The van der Waals surface area contributed by atoms with Crippen LogP contribution in [0.3, 0.4) is 0 Å². The Morgan fingerprint density at radius 2 is 0.828 bits per heavy atom. The van der Waals surface area contributed by atoms with Gasteiger partial charge in [0.25, 0.3) is 0 Å². The molecule has 0 aliphatic heterocycles. The molecule has 0 unspecified atom stereocenters. The Bertz CT molecular complexity index is 2770. The topological polar surface area (TPSA) is 3.24 Å². The lowest BCUT2D eigenvalue weighted by Gasteiger charge is -2.34. The number of benzene rings is 8. The molecule has 0 fully saturated rings. The molecule has 0 saturated carbocycles. The molecule has 1 nitrogen and oxygen atoms in total. The van der Waals surface area contributed by atoms with Crippen molar-refractivity contribution in [3.05, 3.63) is 221 Å². The molecular formula is C57H49N. The summed E-state index contributed by atoms with van der Waals surface area (Å²) in [5.41, 5.74) is 21.1. The van der Waals surface area contributed by atoms with Crippen LogP contribution >= 0.6 is 0 Å². The first-order valence-corrected chi connectivity index (χ1v) is 20.7. The molecule has 2 aliphatic carbocycles. The van der Waals surface area contributed by atoms with Crippen molar-refractivity contribution in [2.24, 2.45) is 0 Å². The molecule has 1 heteroatoms. The quantitative estimate of drug-likeness (QED) is 0.169. The Morgan fingerprint density at radius 1 is 0.345 bits per heavy atom. The smallest absolute Gasteiger partial charge is 0.0726 e. The maximum atomic E-state index is 2.54. The van der Waals surface area contributed by atoms with Crippen LogP contribution < -0.4 is 4.90 Å². The molecule has 282 valence electrons. The third-order valence-electron chi connectivity index (χ3n) is 12.6. The second-order valence-electron chi connectivity index (χ2n) is 18.1. The van der Waals surface area contributed by atoms with Gasteiger partial charge in [-0.3, -0.25) is 0 Å².